The molecule has 34 heavy (non-hydrogen) atoms. The lowest BCUT2D eigenvalue weighted by molar-refractivity contribution is 0.208. The van der Waals surface area contributed by atoms with Crippen LogP contribution < -0.4 is 10.2 Å². The van der Waals surface area contributed by atoms with Gasteiger partial charge in [0.2, 0.25) is 0 Å². The van der Waals surface area contributed by atoms with Crippen LogP contribution in [0.1, 0.15) is 49.1 Å². The summed E-state index contributed by atoms with van der Waals surface area (Å²) in [6.07, 6.45) is 0.989. The molecule has 2 heterocycles. The third kappa shape index (κ3) is 5.22. The van der Waals surface area contributed by atoms with E-state index in [-0.39, 0.29) is 6.03 Å². The van der Waals surface area contributed by atoms with Gasteiger partial charge in [0.1, 0.15) is 5.82 Å². The lowest BCUT2D eigenvalue weighted by atomic mass is 10.0. The molecule has 0 saturated carbocycles. The quantitative estimate of drug-likeness (QED) is 0.526. The Morgan fingerprint density at radius 2 is 1.71 bits per heavy atom. The number of nitrogens with one attached hydrogen (secondary N) is 1. The Hall–Kier alpha value is -3.41. The monoisotopic (exact) mass is 457 g/mol. The van der Waals surface area contributed by atoms with Crippen molar-refractivity contribution in [2.24, 2.45) is 0 Å². The van der Waals surface area contributed by atoms with Crippen LogP contribution >= 0.6 is 0 Å². The van der Waals surface area contributed by atoms with Crippen LogP contribution in [0, 0.1) is 13.8 Å². The number of piperazine rings is 1. The van der Waals surface area contributed by atoms with Gasteiger partial charge in [-0.05, 0) is 49.9 Å². The first-order valence-corrected chi connectivity index (χ1v) is 12.2. The van der Waals surface area contributed by atoms with E-state index in [1.165, 1.54) is 16.7 Å². The Morgan fingerprint density at radius 1 is 1.00 bits per heavy atom. The summed E-state index contributed by atoms with van der Waals surface area (Å²) in [6, 6.07) is 16.3. The van der Waals surface area contributed by atoms with Crippen molar-refractivity contribution >= 4 is 17.5 Å². The van der Waals surface area contributed by atoms with Gasteiger partial charge in [0.15, 0.2) is 5.82 Å². The Balaban J connectivity index is 1.51. The average Bonchev–Trinajstić information content (AvgIpc) is 2.84. The van der Waals surface area contributed by atoms with Crippen molar-refractivity contribution in [1.29, 1.82) is 0 Å². The van der Waals surface area contributed by atoms with E-state index in [2.05, 4.69) is 75.2 Å². The lowest BCUT2D eigenvalue weighted by Crippen LogP contribution is -2.50. The number of aromatic nitrogens is 2. The number of nitrogens with zero attached hydrogens (tertiary/aromatic N) is 4. The maximum absolute atomic E-state index is 12.8. The topological polar surface area (TPSA) is 61.4 Å². The van der Waals surface area contributed by atoms with Crippen LogP contribution in [0.4, 0.5) is 16.3 Å². The van der Waals surface area contributed by atoms with Crippen LogP contribution in [0.2, 0.25) is 0 Å². The fourth-order valence-corrected chi connectivity index (χ4v) is 4.54. The number of rotatable bonds is 5. The molecule has 4 rings (SSSR count). The van der Waals surface area contributed by atoms with Gasteiger partial charge in [0.25, 0.3) is 0 Å². The van der Waals surface area contributed by atoms with E-state index < -0.39 is 0 Å². The van der Waals surface area contributed by atoms with Crippen molar-refractivity contribution in [2.75, 3.05) is 36.4 Å². The Bertz CT molecular complexity index is 1150. The lowest BCUT2D eigenvalue weighted by Gasteiger charge is -2.37. The molecule has 1 aromatic heterocycles. The van der Waals surface area contributed by atoms with Crippen LogP contribution in [-0.2, 0) is 6.42 Å². The molecule has 2 aromatic carbocycles. The van der Waals surface area contributed by atoms with Crippen molar-refractivity contribution in [1.82, 2.24) is 14.9 Å². The molecule has 1 fully saturated rings. The number of amides is 2. The minimum absolute atomic E-state index is 0.0488. The number of anilines is 2. The van der Waals surface area contributed by atoms with Gasteiger partial charge in [0, 0.05) is 48.7 Å². The van der Waals surface area contributed by atoms with E-state index in [0.717, 1.165) is 48.1 Å². The molecule has 1 saturated heterocycles. The van der Waals surface area contributed by atoms with Crippen molar-refractivity contribution in [3.05, 3.63) is 70.9 Å². The molecule has 0 unspecified atom stereocenters. The molecule has 3 aromatic rings. The van der Waals surface area contributed by atoms with Crippen LogP contribution in [0.5, 0.6) is 0 Å². The van der Waals surface area contributed by atoms with Gasteiger partial charge in [-0.3, -0.25) is 0 Å². The second-order valence-corrected chi connectivity index (χ2v) is 9.35. The van der Waals surface area contributed by atoms with Gasteiger partial charge >= 0.3 is 6.03 Å². The van der Waals surface area contributed by atoms with Crippen molar-refractivity contribution in [3.63, 3.8) is 0 Å². The smallest absolute Gasteiger partial charge is 0.321 e. The van der Waals surface area contributed by atoms with Gasteiger partial charge in [0.05, 0.1) is 0 Å². The average molecular weight is 458 g/mol. The molecule has 2 amide bonds. The van der Waals surface area contributed by atoms with Crippen LogP contribution in [0.15, 0.2) is 48.5 Å². The van der Waals surface area contributed by atoms with Crippen LogP contribution in [0.3, 0.4) is 0 Å². The fraction of sp³-hybridized carbons (Fsp3) is 0.393. The summed E-state index contributed by atoms with van der Waals surface area (Å²) in [5.41, 5.74) is 6.53. The highest BCUT2D eigenvalue weighted by atomic mass is 16.2. The van der Waals surface area contributed by atoms with Gasteiger partial charge in [-0.2, -0.15) is 0 Å². The third-order valence-corrected chi connectivity index (χ3v) is 6.45. The molecule has 1 N–H and O–H groups in total. The van der Waals surface area contributed by atoms with Crippen LogP contribution in [-0.4, -0.2) is 47.1 Å². The van der Waals surface area contributed by atoms with Crippen molar-refractivity contribution < 1.29 is 4.79 Å². The number of hydrogen-bond acceptors (Lipinski definition) is 4. The number of benzene rings is 2. The van der Waals surface area contributed by atoms with Gasteiger partial charge in [-0.15, -0.1) is 0 Å². The third-order valence-electron chi connectivity index (χ3n) is 6.45. The predicted molar refractivity (Wildman–Crippen MR) is 140 cm³/mol. The maximum atomic E-state index is 12.8. The molecule has 0 radical (unpaired) electrons. The van der Waals surface area contributed by atoms with Crippen molar-refractivity contribution in [2.45, 2.75) is 47.0 Å². The first-order chi connectivity index (χ1) is 16.4. The molecule has 0 atom stereocenters. The maximum Gasteiger partial charge on any atom is 0.321 e. The molecule has 0 bridgehead atoms. The van der Waals surface area contributed by atoms with Gasteiger partial charge in [-0.1, -0.05) is 56.7 Å². The molecular weight excluding hydrogens is 422 g/mol. The molecule has 1 aliphatic rings. The molecule has 0 spiro atoms. The number of aryl methyl sites for hydroxylation is 3. The molecule has 6 heteroatoms. The highest BCUT2D eigenvalue weighted by molar-refractivity contribution is 5.89. The van der Waals surface area contributed by atoms with Crippen LogP contribution in [0.25, 0.3) is 11.4 Å². The highest BCUT2D eigenvalue weighted by Crippen LogP contribution is 2.31. The Labute approximate surface area is 203 Å². The zero-order valence-electron chi connectivity index (χ0n) is 20.9. The van der Waals surface area contributed by atoms with Gasteiger partial charge < -0.3 is 15.1 Å². The molecule has 0 aliphatic carbocycles. The molecule has 1 aliphatic heterocycles. The largest absolute Gasteiger partial charge is 0.353 e. The van der Waals surface area contributed by atoms with Crippen molar-refractivity contribution in [3.8, 4) is 11.4 Å². The second kappa shape index (κ2) is 10.2. The summed E-state index contributed by atoms with van der Waals surface area (Å²) in [6.45, 7) is 13.5. The minimum atomic E-state index is -0.0488. The van der Waals surface area contributed by atoms with E-state index in [9.17, 15) is 4.79 Å². The number of carbonyl (C=O) groups is 1. The fourth-order valence-electron chi connectivity index (χ4n) is 4.54. The second-order valence-electron chi connectivity index (χ2n) is 9.35. The first kappa shape index (κ1) is 23.7. The molecule has 6 nitrogen and oxygen atoms in total. The number of urea groups is 1. The SMILES string of the molecule is CCc1ccc(NC(=O)N2CCN(c3nc(-c4cccc(C)c4)nc(C)c3C(C)C)CC2)cc1. The Kier molecular flexibility index (Phi) is 7.15. The first-order valence-electron chi connectivity index (χ1n) is 12.2. The summed E-state index contributed by atoms with van der Waals surface area (Å²) in [5, 5.41) is 3.04. The number of carbonyl (C=O) groups excluding carboxylic acids is 1. The van der Waals surface area contributed by atoms with E-state index in [0.29, 0.717) is 19.0 Å². The summed E-state index contributed by atoms with van der Waals surface area (Å²) >= 11 is 0. The zero-order chi connectivity index (χ0) is 24.2. The standard InChI is InChI=1S/C28H35N5O/c1-6-22-10-12-24(13-11-22)30-28(34)33-16-14-32(15-17-33)27-25(19(2)3)21(5)29-26(31-27)23-9-7-8-20(4)18-23/h7-13,18-19H,6,14-17H2,1-5H3,(H,30,34). The van der Waals surface area contributed by atoms with E-state index in [1.54, 1.807) is 0 Å². The summed E-state index contributed by atoms with van der Waals surface area (Å²) in [4.78, 5) is 26.9. The van der Waals surface area contributed by atoms with E-state index >= 15 is 0 Å². The van der Waals surface area contributed by atoms with Gasteiger partial charge in [-0.25, -0.2) is 14.8 Å². The Morgan fingerprint density at radius 3 is 2.32 bits per heavy atom. The zero-order valence-corrected chi connectivity index (χ0v) is 20.9. The minimum Gasteiger partial charge on any atom is -0.353 e. The summed E-state index contributed by atoms with van der Waals surface area (Å²) in [5.74, 6) is 2.07. The normalized spacial score (nSPS) is 13.9. The summed E-state index contributed by atoms with van der Waals surface area (Å²) < 4.78 is 0. The molecular formula is C28H35N5O. The predicted octanol–water partition coefficient (Wildman–Crippen LogP) is 5.80. The van der Waals surface area contributed by atoms with E-state index in [4.69, 9.17) is 9.97 Å². The number of hydrogen-bond donors (Lipinski definition) is 1. The highest BCUT2D eigenvalue weighted by Gasteiger charge is 2.26. The van der Waals surface area contributed by atoms with E-state index in [1.807, 2.05) is 23.1 Å². The molecule has 178 valence electrons. The summed E-state index contributed by atoms with van der Waals surface area (Å²) in [7, 11) is 0.